The van der Waals surface area contributed by atoms with E-state index in [1.807, 2.05) is 24.3 Å². The Kier molecular flexibility index (Phi) is 7.54. The Balaban J connectivity index is 1.62. The summed E-state index contributed by atoms with van der Waals surface area (Å²) < 4.78 is 31.0. The summed E-state index contributed by atoms with van der Waals surface area (Å²) in [4.78, 5) is 23.4. The van der Waals surface area contributed by atoms with Crippen LogP contribution in [0.5, 0.6) is 5.75 Å². The van der Waals surface area contributed by atoms with E-state index in [0.717, 1.165) is 36.3 Å². The van der Waals surface area contributed by atoms with Crippen LogP contribution in [0.25, 0.3) is 0 Å². The maximum Gasteiger partial charge on any atom is 0.315 e. The van der Waals surface area contributed by atoms with Crippen LogP contribution in [0.4, 0.5) is 19.3 Å². The number of hydrogen-bond donors (Lipinski definition) is 3. The van der Waals surface area contributed by atoms with Gasteiger partial charge in [-0.2, -0.15) is 0 Å². The van der Waals surface area contributed by atoms with Gasteiger partial charge in [-0.25, -0.2) is 13.6 Å². The minimum absolute atomic E-state index is 0.112. The lowest BCUT2D eigenvalue weighted by Crippen LogP contribution is -2.40. The number of hydrogen-bond acceptors (Lipinski definition) is 3. The summed E-state index contributed by atoms with van der Waals surface area (Å²) in [6.07, 6.45) is 1.53. The zero-order chi connectivity index (χ0) is 19.6. The second kappa shape index (κ2) is 10.1. The van der Waals surface area contributed by atoms with E-state index in [2.05, 4.69) is 16.0 Å². The number of aryl methyl sites for hydroxylation is 1. The van der Waals surface area contributed by atoms with Gasteiger partial charge in [0.05, 0.1) is 13.7 Å². The number of urea groups is 1. The monoisotopic (exact) mass is 377 g/mol. The number of carbonyl (C=O) groups excluding carboxylic acids is 2. The SMILES string of the molecule is COc1ccc(CCCNC(=O)NCC(=O)Nc2ccc(F)c(F)c2)cc1. The summed E-state index contributed by atoms with van der Waals surface area (Å²) >= 11 is 0. The molecule has 0 atom stereocenters. The smallest absolute Gasteiger partial charge is 0.315 e. The van der Waals surface area contributed by atoms with Gasteiger partial charge in [-0.15, -0.1) is 0 Å². The number of anilines is 1. The molecule has 2 aromatic rings. The van der Waals surface area contributed by atoms with E-state index in [-0.39, 0.29) is 12.2 Å². The molecule has 0 unspecified atom stereocenters. The molecule has 27 heavy (non-hydrogen) atoms. The van der Waals surface area contributed by atoms with Crippen molar-refractivity contribution in [3.05, 3.63) is 59.7 Å². The zero-order valence-electron chi connectivity index (χ0n) is 14.9. The van der Waals surface area contributed by atoms with Crippen LogP contribution in [-0.2, 0) is 11.2 Å². The molecule has 0 heterocycles. The molecule has 0 radical (unpaired) electrons. The number of nitrogens with one attached hydrogen (secondary N) is 3. The highest BCUT2D eigenvalue weighted by molar-refractivity contribution is 5.94. The highest BCUT2D eigenvalue weighted by atomic mass is 19.2. The van der Waals surface area contributed by atoms with Crippen molar-refractivity contribution in [3.8, 4) is 5.75 Å². The minimum atomic E-state index is -1.06. The van der Waals surface area contributed by atoms with E-state index in [0.29, 0.717) is 6.54 Å². The standard InChI is InChI=1S/C19H21F2N3O3/c1-27-15-7-4-13(5-8-15)3-2-10-22-19(26)23-12-18(25)24-14-6-9-16(20)17(21)11-14/h4-9,11H,2-3,10,12H2,1H3,(H,24,25)(H2,22,23,26). The largest absolute Gasteiger partial charge is 0.497 e. The zero-order valence-corrected chi connectivity index (χ0v) is 14.9. The van der Waals surface area contributed by atoms with Crippen LogP contribution in [-0.4, -0.2) is 32.1 Å². The first-order valence-electron chi connectivity index (χ1n) is 8.37. The number of carbonyl (C=O) groups is 2. The fraction of sp³-hybridized carbons (Fsp3) is 0.263. The van der Waals surface area contributed by atoms with Crippen LogP contribution in [0.3, 0.4) is 0 Å². The minimum Gasteiger partial charge on any atom is -0.497 e. The average Bonchev–Trinajstić information content (AvgIpc) is 2.67. The Labute approximate surface area is 155 Å². The van der Waals surface area contributed by atoms with Gasteiger partial charge < -0.3 is 20.7 Å². The molecule has 3 N–H and O–H groups in total. The van der Waals surface area contributed by atoms with Crippen LogP contribution in [0.1, 0.15) is 12.0 Å². The maximum absolute atomic E-state index is 13.1. The summed E-state index contributed by atoms with van der Waals surface area (Å²) in [5.41, 5.74) is 1.24. The van der Waals surface area contributed by atoms with Crippen molar-refractivity contribution >= 4 is 17.6 Å². The molecule has 3 amide bonds. The highest BCUT2D eigenvalue weighted by Gasteiger charge is 2.08. The quantitative estimate of drug-likeness (QED) is 0.619. The number of methoxy groups -OCH3 is 1. The van der Waals surface area contributed by atoms with E-state index in [1.54, 1.807) is 7.11 Å². The molecule has 0 aliphatic rings. The molecule has 0 saturated heterocycles. The summed E-state index contributed by atoms with van der Waals surface area (Å²) in [6, 6.07) is 10.2. The summed E-state index contributed by atoms with van der Waals surface area (Å²) in [7, 11) is 1.61. The van der Waals surface area contributed by atoms with Crippen molar-refractivity contribution in [2.45, 2.75) is 12.8 Å². The van der Waals surface area contributed by atoms with Gasteiger partial charge in [0.2, 0.25) is 5.91 Å². The Bertz CT molecular complexity index is 782. The first-order chi connectivity index (χ1) is 13.0. The molecule has 0 bridgehead atoms. The molecule has 2 rings (SSSR count). The number of rotatable bonds is 8. The Hall–Kier alpha value is -3.16. The van der Waals surface area contributed by atoms with E-state index in [4.69, 9.17) is 4.74 Å². The number of benzene rings is 2. The van der Waals surface area contributed by atoms with Crippen molar-refractivity contribution in [1.82, 2.24) is 10.6 Å². The molecule has 2 aromatic carbocycles. The summed E-state index contributed by atoms with van der Waals surface area (Å²) in [6.45, 7) is 0.159. The van der Waals surface area contributed by atoms with Crippen molar-refractivity contribution in [3.63, 3.8) is 0 Å². The lowest BCUT2D eigenvalue weighted by molar-refractivity contribution is -0.115. The third-order valence-corrected chi connectivity index (χ3v) is 3.70. The average molecular weight is 377 g/mol. The molecular formula is C19H21F2N3O3. The van der Waals surface area contributed by atoms with Crippen molar-refractivity contribution < 1.29 is 23.1 Å². The molecule has 0 aliphatic heterocycles. The van der Waals surface area contributed by atoms with Crippen LogP contribution >= 0.6 is 0 Å². The third-order valence-electron chi connectivity index (χ3n) is 3.70. The van der Waals surface area contributed by atoms with E-state index < -0.39 is 23.6 Å². The Morgan fingerprint density at radius 3 is 2.41 bits per heavy atom. The van der Waals surface area contributed by atoms with E-state index >= 15 is 0 Å². The van der Waals surface area contributed by atoms with Crippen LogP contribution in [0.15, 0.2) is 42.5 Å². The molecule has 6 nitrogen and oxygen atoms in total. The van der Waals surface area contributed by atoms with Crippen LogP contribution in [0.2, 0.25) is 0 Å². The Morgan fingerprint density at radius 2 is 1.74 bits per heavy atom. The molecule has 144 valence electrons. The number of amides is 3. The van der Waals surface area contributed by atoms with Crippen LogP contribution < -0.4 is 20.7 Å². The van der Waals surface area contributed by atoms with Gasteiger partial charge in [0.1, 0.15) is 5.75 Å². The van der Waals surface area contributed by atoms with Gasteiger partial charge in [-0.05, 0) is 42.7 Å². The normalized spacial score (nSPS) is 10.2. The van der Waals surface area contributed by atoms with Crippen molar-refractivity contribution in [1.29, 1.82) is 0 Å². The molecule has 0 fully saturated rings. The Morgan fingerprint density at radius 1 is 1.00 bits per heavy atom. The van der Waals surface area contributed by atoms with Gasteiger partial charge in [0.15, 0.2) is 11.6 Å². The maximum atomic E-state index is 13.1. The lowest BCUT2D eigenvalue weighted by atomic mass is 10.1. The third kappa shape index (κ3) is 6.93. The fourth-order valence-corrected chi connectivity index (χ4v) is 2.29. The van der Waals surface area contributed by atoms with E-state index in [9.17, 15) is 18.4 Å². The molecule has 0 aliphatic carbocycles. The predicted octanol–water partition coefficient (Wildman–Crippen LogP) is 2.84. The molecule has 0 aromatic heterocycles. The topological polar surface area (TPSA) is 79.5 Å². The first kappa shape index (κ1) is 20.2. The van der Waals surface area contributed by atoms with Gasteiger partial charge in [-0.1, -0.05) is 12.1 Å². The molecule has 0 spiro atoms. The van der Waals surface area contributed by atoms with E-state index in [1.165, 1.54) is 6.07 Å². The van der Waals surface area contributed by atoms with Crippen LogP contribution in [0, 0.1) is 11.6 Å². The molecular weight excluding hydrogens is 356 g/mol. The summed E-state index contributed by atoms with van der Waals surface area (Å²) in [5, 5.41) is 7.41. The predicted molar refractivity (Wildman–Crippen MR) is 97.7 cm³/mol. The molecule has 8 heteroatoms. The lowest BCUT2D eigenvalue weighted by Gasteiger charge is -2.09. The highest BCUT2D eigenvalue weighted by Crippen LogP contribution is 2.13. The fourth-order valence-electron chi connectivity index (χ4n) is 2.29. The second-order valence-electron chi connectivity index (χ2n) is 5.74. The second-order valence-corrected chi connectivity index (χ2v) is 5.74. The van der Waals surface area contributed by atoms with Gasteiger partial charge in [0.25, 0.3) is 0 Å². The summed E-state index contributed by atoms with van der Waals surface area (Å²) in [5.74, 6) is -1.82. The first-order valence-corrected chi connectivity index (χ1v) is 8.37. The van der Waals surface area contributed by atoms with Gasteiger partial charge >= 0.3 is 6.03 Å². The number of ether oxygens (including phenoxy) is 1. The van der Waals surface area contributed by atoms with Gasteiger partial charge in [0, 0.05) is 18.3 Å². The van der Waals surface area contributed by atoms with Crippen molar-refractivity contribution in [2.75, 3.05) is 25.5 Å². The number of halogens is 2. The van der Waals surface area contributed by atoms with Gasteiger partial charge in [-0.3, -0.25) is 4.79 Å². The molecule has 0 saturated carbocycles. The van der Waals surface area contributed by atoms with Crippen molar-refractivity contribution in [2.24, 2.45) is 0 Å².